The quantitative estimate of drug-likeness (QED) is 0.574. The van der Waals surface area contributed by atoms with Gasteiger partial charge < -0.3 is 14.2 Å². The molecule has 104 valence electrons. The molecule has 0 aliphatic carbocycles. The number of hydrogen-bond acceptors (Lipinski definition) is 4. The van der Waals surface area contributed by atoms with Crippen LogP contribution < -0.4 is 9.47 Å². The van der Waals surface area contributed by atoms with Crippen molar-refractivity contribution in [2.45, 2.75) is 0 Å². The van der Waals surface area contributed by atoms with Gasteiger partial charge in [-0.25, -0.2) is 4.79 Å². The van der Waals surface area contributed by atoms with Crippen molar-refractivity contribution in [3.63, 3.8) is 0 Å². The van der Waals surface area contributed by atoms with Gasteiger partial charge in [-0.15, -0.1) is 0 Å². The van der Waals surface area contributed by atoms with E-state index in [4.69, 9.17) is 14.2 Å². The van der Waals surface area contributed by atoms with Crippen LogP contribution in [0.5, 0.6) is 11.5 Å². The Hall–Kier alpha value is -2.49. The number of esters is 1. The summed E-state index contributed by atoms with van der Waals surface area (Å²) in [5, 5.41) is 0. The van der Waals surface area contributed by atoms with Crippen LogP contribution in [0.2, 0.25) is 0 Å². The molecule has 0 bridgehead atoms. The van der Waals surface area contributed by atoms with E-state index in [1.165, 1.54) is 0 Å². The highest BCUT2D eigenvalue weighted by atomic mass is 16.6. The molecule has 20 heavy (non-hydrogen) atoms. The van der Waals surface area contributed by atoms with Crippen molar-refractivity contribution in [3.8, 4) is 11.5 Å². The summed E-state index contributed by atoms with van der Waals surface area (Å²) in [6.07, 6.45) is 0. The number of benzene rings is 2. The fourth-order valence-corrected chi connectivity index (χ4v) is 1.53. The molecular formula is C16H16O4. The van der Waals surface area contributed by atoms with Crippen LogP contribution in [-0.2, 0) is 9.53 Å². The Morgan fingerprint density at radius 1 is 0.750 bits per heavy atom. The van der Waals surface area contributed by atoms with Gasteiger partial charge in [0.25, 0.3) is 0 Å². The van der Waals surface area contributed by atoms with Crippen LogP contribution >= 0.6 is 0 Å². The molecule has 0 aliphatic heterocycles. The Bertz CT molecular complexity index is 511. The molecule has 0 atom stereocenters. The normalized spacial score (nSPS) is 9.80. The fraction of sp³-hybridized carbons (Fsp3) is 0.188. The van der Waals surface area contributed by atoms with E-state index in [2.05, 4.69) is 0 Å². The maximum atomic E-state index is 11.4. The zero-order chi connectivity index (χ0) is 14.0. The molecule has 0 N–H and O–H groups in total. The minimum Gasteiger partial charge on any atom is -0.490 e. The van der Waals surface area contributed by atoms with Gasteiger partial charge >= 0.3 is 5.97 Å². The summed E-state index contributed by atoms with van der Waals surface area (Å²) < 4.78 is 15.7. The zero-order valence-corrected chi connectivity index (χ0v) is 11.0. The highest BCUT2D eigenvalue weighted by molar-refractivity contribution is 5.71. The number of rotatable bonds is 7. The van der Waals surface area contributed by atoms with Gasteiger partial charge in [-0.2, -0.15) is 0 Å². The van der Waals surface area contributed by atoms with E-state index in [-0.39, 0.29) is 13.2 Å². The Morgan fingerprint density at radius 3 is 1.90 bits per heavy atom. The summed E-state index contributed by atoms with van der Waals surface area (Å²) in [6, 6.07) is 18.5. The molecule has 0 unspecified atom stereocenters. The lowest BCUT2D eigenvalue weighted by atomic mass is 10.3. The molecule has 2 aromatic rings. The second kappa shape index (κ2) is 7.84. The van der Waals surface area contributed by atoms with E-state index < -0.39 is 5.97 Å². The first-order valence-electron chi connectivity index (χ1n) is 6.36. The van der Waals surface area contributed by atoms with Crippen LogP contribution in [0, 0.1) is 0 Å². The predicted molar refractivity (Wildman–Crippen MR) is 74.8 cm³/mol. The van der Waals surface area contributed by atoms with Gasteiger partial charge in [-0.1, -0.05) is 36.4 Å². The van der Waals surface area contributed by atoms with Crippen molar-refractivity contribution in [2.75, 3.05) is 19.8 Å². The van der Waals surface area contributed by atoms with E-state index in [9.17, 15) is 4.79 Å². The average molecular weight is 272 g/mol. The second-order valence-electron chi connectivity index (χ2n) is 3.98. The maximum absolute atomic E-state index is 11.4. The molecule has 4 heteroatoms. The summed E-state index contributed by atoms with van der Waals surface area (Å²) in [5.41, 5.74) is 0. The van der Waals surface area contributed by atoms with Gasteiger partial charge in [0.05, 0.1) is 0 Å². The molecule has 4 nitrogen and oxygen atoms in total. The minimum atomic E-state index is -0.412. The van der Waals surface area contributed by atoms with E-state index in [0.717, 1.165) is 5.75 Å². The number of carbonyl (C=O) groups is 1. The van der Waals surface area contributed by atoms with Crippen molar-refractivity contribution in [3.05, 3.63) is 60.7 Å². The Labute approximate surface area is 117 Å². The van der Waals surface area contributed by atoms with Crippen LogP contribution in [0.15, 0.2) is 60.7 Å². The summed E-state index contributed by atoms with van der Waals surface area (Å²) in [4.78, 5) is 11.4. The topological polar surface area (TPSA) is 44.8 Å². The van der Waals surface area contributed by atoms with Crippen molar-refractivity contribution in [1.82, 2.24) is 0 Å². The molecule has 0 spiro atoms. The Morgan fingerprint density at radius 2 is 1.30 bits per heavy atom. The summed E-state index contributed by atoms with van der Waals surface area (Å²) in [5.74, 6) is 0.986. The predicted octanol–water partition coefficient (Wildman–Crippen LogP) is 2.69. The standard InChI is InChI=1S/C16H16O4/c17-16(13-20-15-9-5-2-6-10-15)19-12-11-18-14-7-3-1-4-8-14/h1-10H,11-13H2. The molecule has 2 rings (SSSR count). The molecule has 0 aromatic heterocycles. The maximum Gasteiger partial charge on any atom is 0.344 e. The van der Waals surface area contributed by atoms with Crippen molar-refractivity contribution < 1.29 is 19.0 Å². The third-order valence-corrected chi connectivity index (χ3v) is 2.46. The molecule has 0 radical (unpaired) electrons. The van der Waals surface area contributed by atoms with E-state index in [1.807, 2.05) is 48.5 Å². The lowest BCUT2D eigenvalue weighted by Gasteiger charge is -2.08. The molecule has 0 aliphatic rings. The van der Waals surface area contributed by atoms with Crippen LogP contribution in [0.25, 0.3) is 0 Å². The van der Waals surface area contributed by atoms with Crippen LogP contribution in [-0.4, -0.2) is 25.8 Å². The Kier molecular flexibility index (Phi) is 5.46. The number of para-hydroxylation sites is 2. The van der Waals surface area contributed by atoms with Crippen LogP contribution in [0.3, 0.4) is 0 Å². The molecule has 0 amide bonds. The molecule has 2 aromatic carbocycles. The highest BCUT2D eigenvalue weighted by Crippen LogP contribution is 2.08. The van der Waals surface area contributed by atoms with Gasteiger partial charge in [0, 0.05) is 0 Å². The largest absolute Gasteiger partial charge is 0.490 e. The number of carbonyl (C=O) groups excluding carboxylic acids is 1. The van der Waals surface area contributed by atoms with E-state index in [0.29, 0.717) is 12.4 Å². The third kappa shape index (κ3) is 5.02. The monoisotopic (exact) mass is 272 g/mol. The Balaban J connectivity index is 1.59. The van der Waals surface area contributed by atoms with Crippen molar-refractivity contribution >= 4 is 5.97 Å². The third-order valence-electron chi connectivity index (χ3n) is 2.46. The first kappa shape index (κ1) is 13.9. The zero-order valence-electron chi connectivity index (χ0n) is 11.0. The lowest BCUT2D eigenvalue weighted by molar-refractivity contribution is -0.146. The molecule has 0 fully saturated rings. The first-order chi connectivity index (χ1) is 9.84. The minimum absolute atomic E-state index is 0.102. The summed E-state index contributed by atoms with van der Waals surface area (Å²) in [6.45, 7) is 0.419. The second-order valence-corrected chi connectivity index (χ2v) is 3.98. The van der Waals surface area contributed by atoms with Crippen molar-refractivity contribution in [2.24, 2.45) is 0 Å². The smallest absolute Gasteiger partial charge is 0.344 e. The first-order valence-corrected chi connectivity index (χ1v) is 6.36. The van der Waals surface area contributed by atoms with Crippen LogP contribution in [0.4, 0.5) is 0 Å². The van der Waals surface area contributed by atoms with E-state index in [1.54, 1.807) is 12.1 Å². The molecule has 0 heterocycles. The van der Waals surface area contributed by atoms with Gasteiger partial charge in [-0.3, -0.25) is 0 Å². The SMILES string of the molecule is O=C(COc1ccccc1)OCCOc1ccccc1. The van der Waals surface area contributed by atoms with Gasteiger partial charge in [0.1, 0.15) is 24.7 Å². The van der Waals surface area contributed by atoms with Gasteiger partial charge in [-0.05, 0) is 24.3 Å². The van der Waals surface area contributed by atoms with Crippen molar-refractivity contribution in [1.29, 1.82) is 0 Å². The van der Waals surface area contributed by atoms with E-state index >= 15 is 0 Å². The number of ether oxygens (including phenoxy) is 3. The van der Waals surface area contributed by atoms with Gasteiger partial charge in [0.15, 0.2) is 6.61 Å². The van der Waals surface area contributed by atoms with Crippen LogP contribution in [0.1, 0.15) is 0 Å². The fourth-order valence-electron chi connectivity index (χ4n) is 1.53. The van der Waals surface area contributed by atoms with Gasteiger partial charge in [0.2, 0.25) is 0 Å². The molecular weight excluding hydrogens is 256 g/mol. The molecule has 0 saturated carbocycles. The number of hydrogen-bond donors (Lipinski definition) is 0. The molecule has 0 saturated heterocycles. The average Bonchev–Trinajstić information content (AvgIpc) is 2.52. The summed E-state index contributed by atoms with van der Waals surface area (Å²) in [7, 11) is 0. The highest BCUT2D eigenvalue weighted by Gasteiger charge is 2.04. The lowest BCUT2D eigenvalue weighted by Crippen LogP contribution is -2.18. The summed E-state index contributed by atoms with van der Waals surface area (Å²) >= 11 is 0.